The van der Waals surface area contributed by atoms with Gasteiger partial charge in [0.2, 0.25) is 0 Å². The van der Waals surface area contributed by atoms with Gasteiger partial charge in [0.1, 0.15) is 11.3 Å². The first kappa shape index (κ1) is 24.7. The molecule has 2 aromatic heterocycles. The van der Waals surface area contributed by atoms with Crippen molar-refractivity contribution in [2.45, 2.75) is 46.1 Å². The van der Waals surface area contributed by atoms with Gasteiger partial charge in [0.25, 0.3) is 11.7 Å². The zero-order chi connectivity index (χ0) is 25.7. The van der Waals surface area contributed by atoms with Crippen LogP contribution in [0.4, 0.5) is 0 Å². The zero-order valence-corrected chi connectivity index (χ0v) is 21.6. The SMILES string of the molecule is Cc1nc2c(C)cccn2c1/C(O)=C1\C(=O)C(=O)N(CCN(C)C)[C@@H]1c1ccc(C(C)(C)C)cc1. The molecular weight excluding hydrogens is 440 g/mol. The van der Waals surface area contributed by atoms with Gasteiger partial charge in [0.05, 0.1) is 17.3 Å². The molecule has 0 aliphatic carbocycles. The summed E-state index contributed by atoms with van der Waals surface area (Å²) in [6.07, 6.45) is 1.81. The number of fused-ring (bicyclic) bond motifs is 1. The highest BCUT2D eigenvalue weighted by atomic mass is 16.3. The molecule has 4 rings (SSSR count). The molecule has 1 N–H and O–H groups in total. The van der Waals surface area contributed by atoms with E-state index in [-0.39, 0.29) is 16.7 Å². The first-order chi connectivity index (χ1) is 16.4. The van der Waals surface area contributed by atoms with Crippen LogP contribution in [0.15, 0.2) is 48.2 Å². The average molecular weight is 475 g/mol. The summed E-state index contributed by atoms with van der Waals surface area (Å²) in [6.45, 7) is 11.1. The predicted octanol–water partition coefficient (Wildman–Crippen LogP) is 4.23. The van der Waals surface area contributed by atoms with Crippen LogP contribution < -0.4 is 0 Å². The minimum absolute atomic E-state index is 0.0310. The van der Waals surface area contributed by atoms with Gasteiger partial charge in [-0.2, -0.15) is 0 Å². The van der Waals surface area contributed by atoms with Gasteiger partial charge in [-0.25, -0.2) is 4.98 Å². The van der Waals surface area contributed by atoms with Crippen molar-refractivity contribution in [3.05, 3.63) is 76.2 Å². The summed E-state index contributed by atoms with van der Waals surface area (Å²) in [5.74, 6) is -1.47. The van der Waals surface area contributed by atoms with Gasteiger partial charge in [0, 0.05) is 19.3 Å². The smallest absolute Gasteiger partial charge is 0.295 e. The number of aliphatic hydroxyl groups excluding tert-OH is 1. The van der Waals surface area contributed by atoms with Crippen molar-refractivity contribution in [1.29, 1.82) is 0 Å². The molecule has 184 valence electrons. The lowest BCUT2D eigenvalue weighted by Gasteiger charge is -2.27. The first-order valence-corrected chi connectivity index (χ1v) is 11.9. The molecule has 35 heavy (non-hydrogen) atoms. The fourth-order valence-electron chi connectivity index (χ4n) is 4.66. The summed E-state index contributed by atoms with van der Waals surface area (Å²) in [7, 11) is 3.85. The Morgan fingerprint density at radius 1 is 1.09 bits per heavy atom. The third-order valence-electron chi connectivity index (χ3n) is 6.66. The third-order valence-corrected chi connectivity index (χ3v) is 6.66. The van der Waals surface area contributed by atoms with Crippen molar-refractivity contribution in [2.24, 2.45) is 0 Å². The van der Waals surface area contributed by atoms with Crippen LogP contribution in [-0.4, -0.2) is 63.2 Å². The highest BCUT2D eigenvalue weighted by Crippen LogP contribution is 2.40. The maximum atomic E-state index is 13.4. The number of likely N-dealkylation sites (N-methyl/N-ethyl adjacent to an activating group) is 1. The molecular formula is C28H34N4O3. The molecule has 1 aliphatic rings. The second-order valence-corrected chi connectivity index (χ2v) is 10.6. The molecule has 0 saturated carbocycles. The van der Waals surface area contributed by atoms with Crippen LogP contribution in [0.25, 0.3) is 11.4 Å². The largest absolute Gasteiger partial charge is 0.505 e. The normalized spacial score (nSPS) is 18.3. The second kappa shape index (κ2) is 8.96. The zero-order valence-electron chi connectivity index (χ0n) is 21.6. The summed E-state index contributed by atoms with van der Waals surface area (Å²) in [5.41, 5.74) is 4.71. The Morgan fingerprint density at radius 2 is 1.74 bits per heavy atom. The lowest BCUT2D eigenvalue weighted by molar-refractivity contribution is -0.140. The Hall–Kier alpha value is -3.45. The highest BCUT2D eigenvalue weighted by Gasteiger charge is 2.46. The number of Topliss-reactive ketones (excluding diaryl/α,β-unsaturated/α-hetero) is 1. The Bertz CT molecular complexity index is 1330. The monoisotopic (exact) mass is 474 g/mol. The van der Waals surface area contributed by atoms with Crippen molar-refractivity contribution in [2.75, 3.05) is 27.2 Å². The minimum atomic E-state index is -0.682. The van der Waals surface area contributed by atoms with E-state index in [1.807, 2.05) is 68.5 Å². The molecule has 1 amide bonds. The molecule has 0 radical (unpaired) electrons. The van der Waals surface area contributed by atoms with Crippen molar-refractivity contribution in [3.63, 3.8) is 0 Å². The number of aromatic nitrogens is 2. The Balaban J connectivity index is 1.92. The fourth-order valence-corrected chi connectivity index (χ4v) is 4.66. The number of carbonyl (C=O) groups excluding carboxylic acids is 2. The quantitative estimate of drug-likeness (QED) is 0.340. The highest BCUT2D eigenvalue weighted by molar-refractivity contribution is 6.46. The van der Waals surface area contributed by atoms with Gasteiger partial charge >= 0.3 is 0 Å². The summed E-state index contributed by atoms with van der Waals surface area (Å²) in [5, 5.41) is 11.6. The molecule has 7 heteroatoms. The van der Waals surface area contributed by atoms with Gasteiger partial charge in [-0.1, -0.05) is 51.1 Å². The van der Waals surface area contributed by atoms with Crippen molar-refractivity contribution in [1.82, 2.24) is 19.2 Å². The Morgan fingerprint density at radius 3 is 2.34 bits per heavy atom. The van der Waals surface area contributed by atoms with Crippen LogP contribution in [0.3, 0.4) is 0 Å². The topological polar surface area (TPSA) is 78.1 Å². The van der Waals surface area contributed by atoms with Crippen LogP contribution in [0.1, 0.15) is 54.9 Å². The number of imidazole rings is 1. The lowest BCUT2D eigenvalue weighted by Crippen LogP contribution is -2.35. The Labute approximate surface area is 206 Å². The number of ketones is 1. The number of hydrogen-bond acceptors (Lipinski definition) is 5. The molecule has 3 aromatic rings. The van der Waals surface area contributed by atoms with Crippen LogP contribution in [0.2, 0.25) is 0 Å². The van der Waals surface area contributed by atoms with E-state index in [4.69, 9.17) is 0 Å². The van der Waals surface area contributed by atoms with Gasteiger partial charge in [-0.3, -0.25) is 14.0 Å². The number of amides is 1. The number of pyridine rings is 1. The molecule has 1 fully saturated rings. The van der Waals surface area contributed by atoms with Gasteiger partial charge < -0.3 is 14.9 Å². The van der Waals surface area contributed by atoms with E-state index in [2.05, 4.69) is 25.8 Å². The second-order valence-electron chi connectivity index (χ2n) is 10.6. The molecule has 0 bridgehead atoms. The number of rotatable bonds is 5. The lowest BCUT2D eigenvalue weighted by atomic mass is 9.85. The molecule has 1 aromatic carbocycles. The molecule has 7 nitrogen and oxygen atoms in total. The number of carbonyl (C=O) groups is 2. The van der Waals surface area contributed by atoms with Crippen LogP contribution in [0.5, 0.6) is 0 Å². The minimum Gasteiger partial charge on any atom is -0.505 e. The standard InChI is InChI=1S/C28H34N4O3/c1-17-9-8-14-31-22(18(2)29-26(17)31)24(33)21-23(19-10-12-20(13-11-19)28(3,4)5)32(16-15-30(6)7)27(35)25(21)34/h8-14,23,33H,15-16H2,1-7H3/b24-21+/t23-/m1/s1. The van der Waals surface area contributed by atoms with Crippen LogP contribution in [0, 0.1) is 13.8 Å². The van der Waals surface area contributed by atoms with E-state index >= 15 is 0 Å². The number of aliphatic hydroxyl groups is 1. The van der Waals surface area contributed by atoms with E-state index in [9.17, 15) is 14.7 Å². The number of likely N-dealkylation sites (tertiary alicyclic amines) is 1. The average Bonchev–Trinajstić information content (AvgIpc) is 3.26. The number of benzene rings is 1. The predicted molar refractivity (Wildman–Crippen MR) is 137 cm³/mol. The summed E-state index contributed by atoms with van der Waals surface area (Å²) < 4.78 is 1.78. The first-order valence-electron chi connectivity index (χ1n) is 11.9. The molecule has 1 saturated heterocycles. The van der Waals surface area contributed by atoms with E-state index in [1.165, 1.54) is 0 Å². The van der Waals surface area contributed by atoms with Crippen LogP contribution in [-0.2, 0) is 15.0 Å². The van der Waals surface area contributed by atoms with Crippen molar-refractivity contribution < 1.29 is 14.7 Å². The maximum absolute atomic E-state index is 13.4. The molecule has 0 unspecified atom stereocenters. The number of nitrogens with zero attached hydrogens (tertiary/aromatic N) is 4. The van der Waals surface area contributed by atoms with E-state index < -0.39 is 17.7 Å². The van der Waals surface area contributed by atoms with Crippen molar-refractivity contribution >= 4 is 23.1 Å². The van der Waals surface area contributed by atoms with Gasteiger partial charge in [-0.15, -0.1) is 0 Å². The van der Waals surface area contributed by atoms with E-state index in [0.29, 0.717) is 30.1 Å². The molecule has 1 aliphatic heterocycles. The van der Waals surface area contributed by atoms with Crippen molar-refractivity contribution in [3.8, 4) is 0 Å². The fraction of sp³-hybridized carbons (Fsp3) is 0.393. The molecule has 3 heterocycles. The maximum Gasteiger partial charge on any atom is 0.295 e. The van der Waals surface area contributed by atoms with E-state index in [0.717, 1.165) is 16.7 Å². The number of aryl methyl sites for hydroxylation is 2. The molecule has 0 spiro atoms. The third kappa shape index (κ3) is 4.36. The summed E-state index contributed by atoms with van der Waals surface area (Å²) in [4.78, 5) is 34.7. The molecule has 1 atom stereocenters. The summed E-state index contributed by atoms with van der Waals surface area (Å²) >= 11 is 0. The van der Waals surface area contributed by atoms with Gasteiger partial charge in [0.15, 0.2) is 5.76 Å². The number of hydrogen-bond donors (Lipinski definition) is 1. The van der Waals surface area contributed by atoms with Crippen LogP contribution >= 0.6 is 0 Å². The van der Waals surface area contributed by atoms with Gasteiger partial charge in [-0.05, 0) is 56.1 Å². The summed E-state index contributed by atoms with van der Waals surface area (Å²) in [6, 6.07) is 11.1. The Kier molecular flexibility index (Phi) is 6.32. The van der Waals surface area contributed by atoms with E-state index in [1.54, 1.807) is 16.2 Å².